The summed E-state index contributed by atoms with van der Waals surface area (Å²) in [6.45, 7) is 0. The van der Waals surface area contributed by atoms with E-state index in [1.54, 1.807) is 0 Å². The molecular weight excluding hydrogens is 193 g/mol. The maximum absolute atomic E-state index is 0. The van der Waals surface area contributed by atoms with Crippen LogP contribution in [0.15, 0.2) is 0 Å². The van der Waals surface area contributed by atoms with E-state index in [1.807, 2.05) is 0 Å². The zero-order valence-electron chi connectivity index (χ0n) is 2.33. The fourth-order valence-corrected chi connectivity index (χ4v) is 0. The van der Waals surface area contributed by atoms with Crippen molar-refractivity contribution in [2.75, 3.05) is 0 Å². The first kappa shape index (κ1) is 36.8. The van der Waals surface area contributed by atoms with Gasteiger partial charge in [0, 0.05) is 0 Å². The molecule has 0 heterocycles. The molecule has 0 rings (SSSR count). The largest absolute Gasteiger partial charge is 3.00 e. The molecule has 0 spiro atoms. The first-order chi connectivity index (χ1) is 0. The summed E-state index contributed by atoms with van der Waals surface area (Å²) in [6, 6.07) is 0. The Morgan fingerprint density at radius 1 is 0.750 bits per heavy atom. The molecule has 0 radical (unpaired) electrons. The SMILES string of the molecule is [Cl-].[Cl-].[In+3].[Li+]. The Labute approximate surface area is 68.9 Å². The van der Waals surface area contributed by atoms with Crippen molar-refractivity contribution in [1.29, 1.82) is 0 Å². The van der Waals surface area contributed by atoms with Crippen molar-refractivity contribution in [3.8, 4) is 0 Å². The third kappa shape index (κ3) is 8.97. The molecule has 0 N–H and O–H groups in total. The van der Waals surface area contributed by atoms with Crippen LogP contribution in [0.4, 0.5) is 0 Å². The molecule has 0 aliphatic rings. The van der Waals surface area contributed by atoms with Gasteiger partial charge in [0.1, 0.15) is 0 Å². The molecule has 0 amide bonds. The minimum Gasteiger partial charge on any atom is -1.00 e. The molecule has 0 unspecified atom stereocenters. The Hall–Kier alpha value is 2.05. The molecule has 4 heteroatoms. The van der Waals surface area contributed by atoms with Crippen molar-refractivity contribution >= 4 is 25.8 Å². The Bertz CT molecular complexity index is 6.00. The van der Waals surface area contributed by atoms with Gasteiger partial charge in [0.15, 0.2) is 0 Å². The molecular formula is Cl2InLi+2. The fraction of sp³-hybridized carbons (Fsp3) is 0. The van der Waals surface area contributed by atoms with E-state index in [2.05, 4.69) is 0 Å². The van der Waals surface area contributed by atoms with Crippen molar-refractivity contribution in [1.82, 2.24) is 0 Å². The molecule has 0 bridgehead atoms. The molecule has 0 saturated heterocycles. The van der Waals surface area contributed by atoms with E-state index >= 15 is 0 Å². The van der Waals surface area contributed by atoms with Gasteiger partial charge in [0.05, 0.1) is 0 Å². The Morgan fingerprint density at radius 3 is 0.750 bits per heavy atom. The molecule has 0 fully saturated rings. The van der Waals surface area contributed by atoms with Crippen molar-refractivity contribution < 1.29 is 43.7 Å². The summed E-state index contributed by atoms with van der Waals surface area (Å²) in [7, 11) is 0. The van der Waals surface area contributed by atoms with E-state index < -0.39 is 0 Å². The normalized spacial score (nSPS) is 0. The van der Waals surface area contributed by atoms with Gasteiger partial charge in [-0.3, -0.25) is 0 Å². The molecule has 0 atom stereocenters. The molecule has 4 heavy (non-hydrogen) atoms. The van der Waals surface area contributed by atoms with Crippen molar-refractivity contribution in [3.05, 3.63) is 0 Å². The van der Waals surface area contributed by atoms with Gasteiger partial charge in [0.2, 0.25) is 0 Å². The Kier molecular flexibility index (Phi) is 181. The minimum absolute atomic E-state index is 0. The average molecular weight is 193 g/mol. The van der Waals surface area contributed by atoms with E-state index in [0.29, 0.717) is 0 Å². The average Bonchev–Trinajstić information content (AvgIpc) is 0. The van der Waals surface area contributed by atoms with Crippen LogP contribution in [0.1, 0.15) is 0 Å². The second kappa shape index (κ2) is 19.7. The smallest absolute Gasteiger partial charge is 1.00 e. The second-order valence-corrected chi connectivity index (χ2v) is 0. The summed E-state index contributed by atoms with van der Waals surface area (Å²) >= 11 is 0. The third-order valence-corrected chi connectivity index (χ3v) is 0. The fourth-order valence-electron chi connectivity index (χ4n) is 0. The number of rotatable bonds is 0. The summed E-state index contributed by atoms with van der Waals surface area (Å²) in [4.78, 5) is 0. The van der Waals surface area contributed by atoms with Crippen LogP contribution in [0.5, 0.6) is 0 Å². The van der Waals surface area contributed by atoms with Crippen LogP contribution < -0.4 is 43.7 Å². The number of hydrogen-bond donors (Lipinski definition) is 0. The standard InChI is InChI=1S/2ClH.In.Li/h2*1H;;/q;;+3;+1/p-2. The van der Waals surface area contributed by atoms with Gasteiger partial charge in [-0.1, -0.05) is 0 Å². The van der Waals surface area contributed by atoms with Crippen LogP contribution in [0.2, 0.25) is 0 Å². The Morgan fingerprint density at radius 2 is 0.750 bits per heavy atom. The van der Waals surface area contributed by atoms with Gasteiger partial charge in [-0.2, -0.15) is 0 Å². The van der Waals surface area contributed by atoms with Crippen LogP contribution >= 0.6 is 0 Å². The van der Waals surface area contributed by atoms with Crippen LogP contribution in [-0.4, -0.2) is 25.8 Å². The molecule has 16 valence electrons. The van der Waals surface area contributed by atoms with Gasteiger partial charge in [-0.25, -0.2) is 0 Å². The van der Waals surface area contributed by atoms with Crippen molar-refractivity contribution in [3.63, 3.8) is 0 Å². The molecule has 0 aromatic heterocycles. The zero-order valence-corrected chi connectivity index (χ0v) is 7.14. The van der Waals surface area contributed by atoms with Gasteiger partial charge >= 0.3 is 44.7 Å². The van der Waals surface area contributed by atoms with Crippen LogP contribution in [0.3, 0.4) is 0 Å². The van der Waals surface area contributed by atoms with Crippen LogP contribution in [0, 0.1) is 0 Å². The number of halogens is 2. The topological polar surface area (TPSA) is 0 Å². The summed E-state index contributed by atoms with van der Waals surface area (Å²) in [6.07, 6.45) is 0. The van der Waals surface area contributed by atoms with Crippen molar-refractivity contribution in [2.45, 2.75) is 0 Å². The molecule has 0 aromatic carbocycles. The second-order valence-electron chi connectivity index (χ2n) is 0. The van der Waals surface area contributed by atoms with Crippen LogP contribution in [-0.2, 0) is 0 Å². The zero-order chi connectivity index (χ0) is 0. The Balaban J connectivity index is 0. The first-order valence-corrected chi connectivity index (χ1v) is 0. The van der Waals surface area contributed by atoms with E-state index in [4.69, 9.17) is 0 Å². The number of hydrogen-bond acceptors (Lipinski definition) is 0. The summed E-state index contributed by atoms with van der Waals surface area (Å²) in [5.41, 5.74) is 0. The van der Waals surface area contributed by atoms with Gasteiger partial charge < -0.3 is 24.8 Å². The van der Waals surface area contributed by atoms with E-state index in [0.717, 1.165) is 0 Å². The molecule has 0 saturated carbocycles. The maximum Gasteiger partial charge on any atom is 3.00 e. The summed E-state index contributed by atoms with van der Waals surface area (Å²) in [5.74, 6) is 0. The van der Waals surface area contributed by atoms with E-state index in [-0.39, 0.29) is 69.5 Å². The van der Waals surface area contributed by atoms with E-state index in [1.165, 1.54) is 0 Å². The van der Waals surface area contributed by atoms with Gasteiger partial charge in [-0.05, 0) is 0 Å². The minimum atomic E-state index is 0. The molecule has 0 aliphatic carbocycles. The maximum atomic E-state index is 0. The monoisotopic (exact) mass is 192 g/mol. The van der Waals surface area contributed by atoms with Gasteiger partial charge in [0.25, 0.3) is 0 Å². The predicted molar refractivity (Wildman–Crippen MR) is 5.75 cm³/mol. The third-order valence-electron chi connectivity index (χ3n) is 0. The van der Waals surface area contributed by atoms with Crippen molar-refractivity contribution in [2.24, 2.45) is 0 Å². The predicted octanol–water partition coefficient (Wildman–Crippen LogP) is -9.37. The molecule has 0 aromatic rings. The van der Waals surface area contributed by atoms with Crippen LogP contribution in [0.25, 0.3) is 0 Å². The van der Waals surface area contributed by atoms with Gasteiger partial charge in [-0.15, -0.1) is 0 Å². The summed E-state index contributed by atoms with van der Waals surface area (Å²) < 4.78 is 0. The first-order valence-electron chi connectivity index (χ1n) is 0. The molecule has 0 nitrogen and oxygen atoms in total. The van der Waals surface area contributed by atoms with E-state index in [9.17, 15) is 0 Å². The summed E-state index contributed by atoms with van der Waals surface area (Å²) in [5, 5.41) is 0. The molecule has 0 aliphatic heterocycles. The quantitative estimate of drug-likeness (QED) is 0.335.